The van der Waals surface area contributed by atoms with Crippen LogP contribution in [0.15, 0.2) is 34.9 Å². The number of carbonyl (C=O) groups excluding carboxylic acids is 1. The van der Waals surface area contributed by atoms with E-state index in [4.69, 9.17) is 16.3 Å². The van der Waals surface area contributed by atoms with E-state index in [1.807, 2.05) is 6.07 Å². The number of carbonyl (C=O) groups is 1. The second kappa shape index (κ2) is 7.36. The molecule has 5 nitrogen and oxygen atoms in total. The molecule has 3 rings (SSSR count). The third-order valence-corrected chi connectivity index (χ3v) is 4.60. The highest BCUT2D eigenvalue weighted by molar-refractivity contribution is 9.10. The molecule has 23 heavy (non-hydrogen) atoms. The Kier molecular flexibility index (Phi) is 5.23. The van der Waals surface area contributed by atoms with Crippen molar-refractivity contribution in [3.8, 4) is 5.75 Å². The minimum absolute atomic E-state index is 0.127. The summed E-state index contributed by atoms with van der Waals surface area (Å²) in [4.78, 5) is 12.1. The lowest BCUT2D eigenvalue weighted by Gasteiger charge is -2.10. The van der Waals surface area contributed by atoms with Crippen LogP contribution in [0.5, 0.6) is 5.75 Å². The highest BCUT2D eigenvalue weighted by Crippen LogP contribution is 2.27. The number of ether oxygens (including phenoxy) is 1. The van der Waals surface area contributed by atoms with Crippen molar-refractivity contribution in [2.45, 2.75) is 38.5 Å². The zero-order valence-corrected chi connectivity index (χ0v) is 14.8. The van der Waals surface area contributed by atoms with E-state index in [2.05, 4.69) is 26.3 Å². The number of nitrogens with zero attached hydrogens (tertiary/aromatic N) is 2. The van der Waals surface area contributed by atoms with Crippen molar-refractivity contribution in [2.75, 3.05) is 0 Å². The van der Waals surface area contributed by atoms with Gasteiger partial charge in [0.1, 0.15) is 11.4 Å². The van der Waals surface area contributed by atoms with Crippen molar-refractivity contribution in [1.29, 1.82) is 0 Å². The molecule has 7 heteroatoms. The van der Waals surface area contributed by atoms with Gasteiger partial charge < -0.3 is 10.1 Å². The summed E-state index contributed by atoms with van der Waals surface area (Å²) in [5.74, 6) is 0.444. The first-order valence-corrected chi connectivity index (χ1v) is 8.71. The van der Waals surface area contributed by atoms with E-state index in [0.29, 0.717) is 16.5 Å². The Morgan fingerprint density at radius 2 is 2.17 bits per heavy atom. The second-order valence-corrected chi connectivity index (χ2v) is 6.87. The summed E-state index contributed by atoms with van der Waals surface area (Å²) >= 11 is 9.44. The fourth-order valence-electron chi connectivity index (χ4n) is 2.61. The van der Waals surface area contributed by atoms with Crippen molar-refractivity contribution >= 4 is 33.4 Å². The highest BCUT2D eigenvalue weighted by Gasteiger charge is 2.19. The molecule has 0 radical (unpaired) electrons. The average molecular weight is 399 g/mol. The smallest absolute Gasteiger partial charge is 0.271 e. The summed E-state index contributed by atoms with van der Waals surface area (Å²) in [6, 6.07) is 7.37. The van der Waals surface area contributed by atoms with Gasteiger partial charge in [0, 0.05) is 16.7 Å². The quantitative estimate of drug-likeness (QED) is 0.828. The second-order valence-electron chi connectivity index (χ2n) is 5.54. The number of halogens is 2. The molecule has 1 fully saturated rings. The van der Waals surface area contributed by atoms with Crippen LogP contribution in [-0.2, 0) is 6.73 Å². The van der Waals surface area contributed by atoms with E-state index in [0.717, 1.165) is 17.3 Å². The molecular formula is C16H17BrClN3O2. The Hall–Kier alpha value is -1.53. The van der Waals surface area contributed by atoms with Crippen molar-refractivity contribution < 1.29 is 9.53 Å². The van der Waals surface area contributed by atoms with Gasteiger partial charge in [-0.15, -0.1) is 0 Å². The number of hydrogen-bond acceptors (Lipinski definition) is 3. The molecule has 1 aliphatic rings. The highest BCUT2D eigenvalue weighted by atomic mass is 79.9. The fourth-order valence-corrected chi connectivity index (χ4v) is 3.34. The summed E-state index contributed by atoms with van der Waals surface area (Å²) in [6.45, 7) is 0.193. The van der Waals surface area contributed by atoms with Crippen LogP contribution in [0.2, 0.25) is 5.02 Å². The molecule has 0 bridgehead atoms. The van der Waals surface area contributed by atoms with Crippen LogP contribution in [-0.4, -0.2) is 21.7 Å². The van der Waals surface area contributed by atoms with Crippen LogP contribution in [0.4, 0.5) is 0 Å². The summed E-state index contributed by atoms with van der Waals surface area (Å²) in [5.41, 5.74) is 0.405. The van der Waals surface area contributed by atoms with Gasteiger partial charge in [-0.05, 0) is 37.1 Å². The zero-order valence-electron chi connectivity index (χ0n) is 12.5. The summed E-state index contributed by atoms with van der Waals surface area (Å²) in [6.07, 6.45) is 6.19. The SMILES string of the molecule is O=C(NC1CCCC1)c1ccn(COc2ccc(Br)cc2Cl)n1. The normalized spacial score (nSPS) is 14.9. The molecule has 122 valence electrons. The zero-order chi connectivity index (χ0) is 16.2. The van der Waals surface area contributed by atoms with Gasteiger partial charge in [-0.2, -0.15) is 5.10 Å². The Morgan fingerprint density at radius 1 is 1.39 bits per heavy atom. The van der Waals surface area contributed by atoms with Gasteiger partial charge in [0.2, 0.25) is 0 Å². The van der Waals surface area contributed by atoms with E-state index in [1.165, 1.54) is 12.8 Å². The summed E-state index contributed by atoms with van der Waals surface area (Å²) in [7, 11) is 0. The van der Waals surface area contributed by atoms with Crippen LogP contribution < -0.4 is 10.1 Å². The molecule has 1 amide bonds. The Balaban J connectivity index is 1.57. The monoisotopic (exact) mass is 397 g/mol. The number of rotatable bonds is 5. The van der Waals surface area contributed by atoms with Crippen molar-refractivity contribution in [3.63, 3.8) is 0 Å². The lowest BCUT2D eigenvalue weighted by Crippen LogP contribution is -2.32. The van der Waals surface area contributed by atoms with E-state index in [1.54, 1.807) is 29.1 Å². The predicted octanol–water partition coefficient (Wildman–Crippen LogP) is 4.01. The van der Waals surface area contributed by atoms with E-state index < -0.39 is 0 Å². The maximum absolute atomic E-state index is 12.1. The Bertz CT molecular complexity index is 698. The van der Waals surface area contributed by atoms with E-state index >= 15 is 0 Å². The van der Waals surface area contributed by atoms with Crippen LogP contribution in [0.3, 0.4) is 0 Å². The van der Waals surface area contributed by atoms with Gasteiger partial charge in [-0.3, -0.25) is 4.79 Å². The Morgan fingerprint density at radius 3 is 2.91 bits per heavy atom. The van der Waals surface area contributed by atoms with Crippen LogP contribution in [0.1, 0.15) is 36.2 Å². The molecule has 1 aliphatic carbocycles. The molecule has 2 aromatic rings. The molecular weight excluding hydrogens is 382 g/mol. The molecule has 0 atom stereocenters. The minimum Gasteiger partial charge on any atom is -0.470 e. The summed E-state index contributed by atoms with van der Waals surface area (Å²) in [5, 5.41) is 7.78. The number of benzene rings is 1. The van der Waals surface area contributed by atoms with E-state index in [-0.39, 0.29) is 18.7 Å². The molecule has 0 saturated heterocycles. The van der Waals surface area contributed by atoms with Gasteiger partial charge >= 0.3 is 0 Å². The van der Waals surface area contributed by atoms with E-state index in [9.17, 15) is 4.79 Å². The van der Waals surface area contributed by atoms with Gasteiger partial charge in [-0.1, -0.05) is 40.4 Å². The largest absolute Gasteiger partial charge is 0.470 e. The fraction of sp³-hybridized carbons (Fsp3) is 0.375. The molecule has 1 heterocycles. The average Bonchev–Trinajstić information content (AvgIpc) is 3.17. The van der Waals surface area contributed by atoms with Crippen LogP contribution in [0, 0.1) is 0 Å². The van der Waals surface area contributed by atoms with Gasteiger partial charge in [0.25, 0.3) is 5.91 Å². The molecule has 1 aromatic heterocycles. The maximum Gasteiger partial charge on any atom is 0.271 e. The number of nitrogens with one attached hydrogen (secondary N) is 1. The first kappa shape index (κ1) is 16.3. The molecule has 0 spiro atoms. The lowest BCUT2D eigenvalue weighted by molar-refractivity contribution is 0.0930. The number of amides is 1. The van der Waals surface area contributed by atoms with Gasteiger partial charge in [0.05, 0.1) is 5.02 Å². The number of hydrogen-bond donors (Lipinski definition) is 1. The lowest BCUT2D eigenvalue weighted by atomic mass is 10.2. The van der Waals surface area contributed by atoms with Crippen molar-refractivity contribution in [3.05, 3.63) is 45.7 Å². The molecule has 0 aliphatic heterocycles. The molecule has 1 aromatic carbocycles. The molecule has 0 unspecified atom stereocenters. The topological polar surface area (TPSA) is 56.2 Å². The van der Waals surface area contributed by atoms with Gasteiger partial charge in [0.15, 0.2) is 6.73 Å². The van der Waals surface area contributed by atoms with Crippen molar-refractivity contribution in [2.24, 2.45) is 0 Å². The minimum atomic E-state index is -0.127. The number of aromatic nitrogens is 2. The van der Waals surface area contributed by atoms with Crippen molar-refractivity contribution in [1.82, 2.24) is 15.1 Å². The predicted molar refractivity (Wildman–Crippen MR) is 91.7 cm³/mol. The Labute approximate surface area is 148 Å². The first-order chi connectivity index (χ1) is 11.1. The summed E-state index contributed by atoms with van der Waals surface area (Å²) < 4.78 is 8.08. The standard InChI is InChI=1S/C16H17BrClN3O2/c17-11-5-6-15(13(18)9-11)23-10-21-8-7-14(20-21)16(22)19-12-3-1-2-4-12/h5-9,12H,1-4,10H2,(H,19,22). The van der Waals surface area contributed by atoms with Gasteiger partial charge in [-0.25, -0.2) is 4.68 Å². The third-order valence-electron chi connectivity index (χ3n) is 3.81. The molecule has 1 saturated carbocycles. The third kappa shape index (κ3) is 4.26. The first-order valence-electron chi connectivity index (χ1n) is 7.54. The maximum atomic E-state index is 12.1. The molecule has 1 N–H and O–H groups in total. The van der Waals surface area contributed by atoms with Crippen LogP contribution >= 0.6 is 27.5 Å². The van der Waals surface area contributed by atoms with Crippen LogP contribution in [0.25, 0.3) is 0 Å².